The highest BCUT2D eigenvalue weighted by Gasteiger charge is 2.40. The Bertz CT molecular complexity index is 1320. The lowest BCUT2D eigenvalue weighted by Crippen LogP contribution is -2.51. The number of pyridine rings is 2. The highest BCUT2D eigenvalue weighted by atomic mass is 19.4. The number of nitrogens with one attached hydrogen (secondary N) is 3. The van der Waals surface area contributed by atoms with Gasteiger partial charge in [0.25, 0.3) is 5.56 Å². The molecule has 0 radical (unpaired) electrons. The van der Waals surface area contributed by atoms with Crippen LogP contribution in [0.2, 0.25) is 0 Å². The SMILES string of the molecule is CCOc1cc(Oc2ccc(NC(=O)Nc3ccc(OC4(C)COC4)c(C(F)(F)F)c3)cn2)c[nH]c1=O. The lowest BCUT2D eigenvalue weighted by atomic mass is 10.0. The smallest absolute Gasteiger partial charge is 0.420 e. The fourth-order valence-corrected chi connectivity index (χ4v) is 3.33. The van der Waals surface area contributed by atoms with Crippen molar-refractivity contribution in [3.63, 3.8) is 0 Å². The first kappa shape index (κ1) is 25.8. The monoisotopic (exact) mass is 520 g/mol. The van der Waals surface area contributed by atoms with Crippen molar-refractivity contribution in [1.29, 1.82) is 0 Å². The number of amides is 2. The molecule has 0 spiro atoms. The van der Waals surface area contributed by atoms with Gasteiger partial charge in [0.1, 0.15) is 11.5 Å². The molecule has 10 nitrogen and oxygen atoms in total. The normalized spacial score (nSPS) is 14.3. The van der Waals surface area contributed by atoms with Gasteiger partial charge in [0.2, 0.25) is 5.88 Å². The number of ether oxygens (including phenoxy) is 4. The second-order valence-corrected chi connectivity index (χ2v) is 8.28. The van der Waals surface area contributed by atoms with Crippen molar-refractivity contribution in [2.24, 2.45) is 0 Å². The van der Waals surface area contributed by atoms with E-state index in [2.05, 4.69) is 20.6 Å². The number of carbonyl (C=O) groups excluding carboxylic acids is 1. The topological polar surface area (TPSA) is 124 Å². The van der Waals surface area contributed by atoms with Crippen LogP contribution in [0.1, 0.15) is 19.4 Å². The van der Waals surface area contributed by atoms with Gasteiger partial charge >= 0.3 is 12.2 Å². The Hall–Kier alpha value is -4.26. The Morgan fingerprint density at radius 1 is 1.14 bits per heavy atom. The molecule has 1 fully saturated rings. The summed E-state index contributed by atoms with van der Waals surface area (Å²) in [4.78, 5) is 30.6. The molecule has 37 heavy (non-hydrogen) atoms. The predicted octanol–water partition coefficient (Wildman–Crippen LogP) is 4.79. The number of urea groups is 1. The maximum absolute atomic E-state index is 13.6. The third-order valence-corrected chi connectivity index (χ3v) is 5.07. The van der Waals surface area contributed by atoms with Crippen LogP contribution in [0.4, 0.5) is 29.3 Å². The highest BCUT2D eigenvalue weighted by molar-refractivity contribution is 5.99. The van der Waals surface area contributed by atoms with Crippen molar-refractivity contribution in [3.8, 4) is 23.1 Å². The minimum absolute atomic E-state index is 0.0803. The number of aromatic amines is 1. The molecule has 1 aliphatic heterocycles. The van der Waals surface area contributed by atoms with Gasteiger partial charge in [-0.25, -0.2) is 9.78 Å². The Labute approximate surface area is 208 Å². The third-order valence-electron chi connectivity index (χ3n) is 5.07. The molecule has 1 saturated heterocycles. The Morgan fingerprint density at radius 3 is 2.49 bits per heavy atom. The highest BCUT2D eigenvalue weighted by Crippen LogP contribution is 2.40. The van der Waals surface area contributed by atoms with Crippen LogP contribution >= 0.6 is 0 Å². The number of hydrogen-bond donors (Lipinski definition) is 3. The Kier molecular flexibility index (Phi) is 7.25. The van der Waals surface area contributed by atoms with Crippen LogP contribution in [0.15, 0.2) is 53.6 Å². The fraction of sp³-hybridized carbons (Fsp3) is 0.292. The quantitative estimate of drug-likeness (QED) is 0.390. The van der Waals surface area contributed by atoms with Gasteiger partial charge in [0.05, 0.1) is 37.3 Å². The average Bonchev–Trinajstić information content (AvgIpc) is 2.82. The first-order valence-electron chi connectivity index (χ1n) is 11.1. The molecule has 3 heterocycles. The van der Waals surface area contributed by atoms with Crippen LogP contribution < -0.4 is 30.4 Å². The molecule has 1 aromatic carbocycles. The molecule has 3 N–H and O–H groups in total. The number of nitrogens with zero attached hydrogens (tertiary/aromatic N) is 1. The van der Waals surface area contributed by atoms with Crippen LogP contribution in [-0.4, -0.2) is 41.4 Å². The number of H-pyrrole nitrogens is 1. The first-order chi connectivity index (χ1) is 17.5. The van der Waals surface area contributed by atoms with Gasteiger partial charge in [-0.2, -0.15) is 13.2 Å². The zero-order chi connectivity index (χ0) is 26.6. The molecule has 2 aromatic heterocycles. The van der Waals surface area contributed by atoms with Crippen LogP contribution in [0.25, 0.3) is 0 Å². The lowest BCUT2D eigenvalue weighted by molar-refractivity contribution is -0.160. The number of halogens is 3. The molecular formula is C24H23F3N4O6. The van der Waals surface area contributed by atoms with E-state index in [0.717, 1.165) is 12.1 Å². The lowest BCUT2D eigenvalue weighted by Gasteiger charge is -2.38. The molecule has 0 unspecified atom stereocenters. The Morgan fingerprint density at radius 2 is 1.86 bits per heavy atom. The van der Waals surface area contributed by atoms with Gasteiger partial charge in [-0.15, -0.1) is 0 Å². The average molecular weight is 520 g/mol. The fourth-order valence-electron chi connectivity index (χ4n) is 3.33. The van der Waals surface area contributed by atoms with Crippen molar-refractivity contribution in [2.75, 3.05) is 30.5 Å². The standard InChI is InChI=1S/C24H23F3N4O6/c1-3-35-19-9-16(11-29-21(19)32)36-20-7-5-15(10-28-20)31-22(33)30-14-4-6-18(17(8-14)24(25,26)27)37-23(2)12-34-13-23/h4-11H,3,12-13H2,1-2H3,(H,29,32)(H2,30,31,33). The van der Waals surface area contributed by atoms with Gasteiger partial charge in [-0.1, -0.05) is 0 Å². The number of alkyl halides is 3. The molecule has 1 aliphatic rings. The molecule has 2 amide bonds. The van der Waals surface area contributed by atoms with Crippen molar-refractivity contribution >= 4 is 17.4 Å². The van der Waals surface area contributed by atoms with Crippen molar-refractivity contribution in [1.82, 2.24) is 9.97 Å². The van der Waals surface area contributed by atoms with E-state index in [9.17, 15) is 22.8 Å². The van der Waals surface area contributed by atoms with E-state index in [0.29, 0.717) is 6.61 Å². The Balaban J connectivity index is 1.39. The van der Waals surface area contributed by atoms with Gasteiger partial charge in [0.15, 0.2) is 11.4 Å². The molecular weight excluding hydrogens is 497 g/mol. The van der Waals surface area contributed by atoms with Crippen molar-refractivity contribution < 1.29 is 36.9 Å². The number of hydrogen-bond acceptors (Lipinski definition) is 7. The van der Waals surface area contributed by atoms with Gasteiger partial charge in [-0.05, 0) is 38.1 Å². The third kappa shape index (κ3) is 6.50. The first-order valence-corrected chi connectivity index (χ1v) is 11.1. The molecule has 0 atom stereocenters. The second kappa shape index (κ2) is 10.4. The van der Waals surface area contributed by atoms with Gasteiger partial charge in [-0.3, -0.25) is 4.79 Å². The molecule has 0 bridgehead atoms. The largest absolute Gasteiger partial charge is 0.488 e. The summed E-state index contributed by atoms with van der Waals surface area (Å²) in [6.45, 7) is 4.06. The summed E-state index contributed by atoms with van der Waals surface area (Å²) in [5.74, 6) is 0.187. The number of benzene rings is 1. The maximum atomic E-state index is 13.6. The zero-order valence-electron chi connectivity index (χ0n) is 19.8. The van der Waals surface area contributed by atoms with E-state index < -0.39 is 28.9 Å². The molecule has 4 rings (SSSR count). The summed E-state index contributed by atoms with van der Waals surface area (Å²) in [6, 6.07) is 6.84. The van der Waals surface area contributed by atoms with E-state index in [1.165, 1.54) is 36.7 Å². The maximum Gasteiger partial charge on any atom is 0.420 e. The van der Waals surface area contributed by atoms with Gasteiger partial charge in [0, 0.05) is 24.0 Å². The van der Waals surface area contributed by atoms with Crippen LogP contribution in [0.3, 0.4) is 0 Å². The molecule has 3 aromatic rings. The number of rotatable bonds is 8. The van der Waals surface area contributed by atoms with E-state index >= 15 is 0 Å². The van der Waals surface area contributed by atoms with E-state index in [1.807, 2.05) is 0 Å². The number of anilines is 2. The molecule has 0 saturated carbocycles. The van der Waals surface area contributed by atoms with Gasteiger partial charge < -0.3 is 34.6 Å². The molecule has 0 aliphatic carbocycles. The minimum Gasteiger partial charge on any atom is -0.488 e. The summed E-state index contributed by atoms with van der Waals surface area (Å²) in [5.41, 5.74) is -2.08. The van der Waals surface area contributed by atoms with Crippen LogP contribution in [-0.2, 0) is 10.9 Å². The van der Waals surface area contributed by atoms with E-state index in [-0.39, 0.29) is 47.7 Å². The summed E-state index contributed by atoms with van der Waals surface area (Å²) in [7, 11) is 0. The van der Waals surface area contributed by atoms with E-state index in [1.54, 1.807) is 13.8 Å². The summed E-state index contributed by atoms with van der Waals surface area (Å²) in [6.07, 6.45) is -2.05. The summed E-state index contributed by atoms with van der Waals surface area (Å²) >= 11 is 0. The summed E-state index contributed by atoms with van der Waals surface area (Å²) in [5, 5.41) is 4.84. The van der Waals surface area contributed by atoms with Crippen molar-refractivity contribution in [3.05, 3.63) is 64.7 Å². The van der Waals surface area contributed by atoms with Crippen LogP contribution in [0.5, 0.6) is 23.1 Å². The predicted molar refractivity (Wildman–Crippen MR) is 126 cm³/mol. The number of aromatic nitrogens is 2. The second-order valence-electron chi connectivity index (χ2n) is 8.28. The minimum atomic E-state index is -4.70. The van der Waals surface area contributed by atoms with Crippen molar-refractivity contribution in [2.45, 2.75) is 25.6 Å². The van der Waals surface area contributed by atoms with Crippen LogP contribution in [0, 0.1) is 0 Å². The van der Waals surface area contributed by atoms with E-state index in [4.69, 9.17) is 18.9 Å². The molecule has 196 valence electrons. The zero-order valence-corrected chi connectivity index (χ0v) is 19.8. The molecule has 13 heteroatoms. The number of carbonyl (C=O) groups is 1. The summed E-state index contributed by atoms with van der Waals surface area (Å²) < 4.78 is 62.1.